The van der Waals surface area contributed by atoms with Crippen LogP contribution in [-0.2, 0) is 9.59 Å². The fraction of sp³-hybridized carbons (Fsp3) is 0.333. The first-order valence-electron chi connectivity index (χ1n) is 5.82. The Morgan fingerprint density at radius 2 is 2.32 bits per heavy atom. The molecule has 0 bridgehead atoms. The second kappa shape index (κ2) is 5.31. The molecule has 100 valence electrons. The molecule has 1 aromatic rings. The van der Waals surface area contributed by atoms with E-state index in [1.165, 1.54) is 7.05 Å². The van der Waals surface area contributed by atoms with E-state index in [-0.39, 0.29) is 16.8 Å². The molecule has 1 aliphatic rings. The maximum atomic E-state index is 11.9. The summed E-state index contributed by atoms with van der Waals surface area (Å²) in [4.78, 5) is 28.8. The molecule has 0 aromatic carbocycles. The van der Waals surface area contributed by atoms with Crippen molar-refractivity contribution in [2.24, 2.45) is 5.73 Å². The van der Waals surface area contributed by atoms with Gasteiger partial charge in [0, 0.05) is 25.2 Å². The van der Waals surface area contributed by atoms with Gasteiger partial charge in [-0.15, -0.1) is 0 Å². The van der Waals surface area contributed by atoms with E-state index in [0.29, 0.717) is 24.2 Å². The average Bonchev–Trinajstić information content (AvgIpc) is 2.40. The monoisotopic (exact) mass is 278 g/mol. The van der Waals surface area contributed by atoms with Gasteiger partial charge < -0.3 is 11.1 Å². The predicted octanol–water partition coefficient (Wildman–Crippen LogP) is 0.275. The molecule has 6 nitrogen and oxygen atoms in total. The number of carbonyl (C=O) groups excluding carboxylic acids is 2. The molecule has 19 heavy (non-hydrogen) atoms. The number of rotatable bonds is 3. The van der Waals surface area contributed by atoms with Crippen LogP contribution in [0.5, 0.6) is 0 Å². The number of carbonyl (C=O) groups is 2. The standard InChI is InChI=1S/C12H14N4O2S/c1-16-10(17)3-2-8(12(16)18)15-9-6-7(11(13)19)4-5-14-9/h4-6,8H,2-3H2,1H3,(H2,13,19)(H,14,15). The topological polar surface area (TPSA) is 88.3 Å². The van der Waals surface area contributed by atoms with Crippen LogP contribution in [0.15, 0.2) is 18.3 Å². The van der Waals surface area contributed by atoms with Crippen molar-refractivity contribution in [3.63, 3.8) is 0 Å². The summed E-state index contributed by atoms with van der Waals surface area (Å²) >= 11 is 4.89. The second-order valence-corrected chi connectivity index (χ2v) is 4.76. The van der Waals surface area contributed by atoms with Gasteiger partial charge in [-0.05, 0) is 18.6 Å². The maximum absolute atomic E-state index is 11.9. The number of likely N-dealkylation sites (N-methyl/N-ethyl adjacent to an activating group) is 1. The van der Waals surface area contributed by atoms with Crippen molar-refractivity contribution in [2.45, 2.75) is 18.9 Å². The second-order valence-electron chi connectivity index (χ2n) is 4.32. The number of likely N-dealkylation sites (tertiary alicyclic amines) is 1. The number of amides is 2. The average molecular weight is 278 g/mol. The fourth-order valence-corrected chi connectivity index (χ4v) is 2.02. The smallest absolute Gasteiger partial charge is 0.251 e. The van der Waals surface area contributed by atoms with E-state index in [2.05, 4.69) is 10.3 Å². The first kappa shape index (κ1) is 13.4. The van der Waals surface area contributed by atoms with Gasteiger partial charge in [0.1, 0.15) is 16.8 Å². The third kappa shape index (κ3) is 2.87. The molecule has 1 saturated heterocycles. The van der Waals surface area contributed by atoms with E-state index in [0.717, 1.165) is 4.90 Å². The Morgan fingerprint density at radius 1 is 1.58 bits per heavy atom. The van der Waals surface area contributed by atoms with Crippen molar-refractivity contribution in [3.8, 4) is 0 Å². The van der Waals surface area contributed by atoms with Gasteiger partial charge in [0.15, 0.2) is 0 Å². The summed E-state index contributed by atoms with van der Waals surface area (Å²) in [5, 5.41) is 3.01. The van der Waals surface area contributed by atoms with E-state index in [9.17, 15) is 9.59 Å². The number of anilines is 1. The highest BCUT2D eigenvalue weighted by molar-refractivity contribution is 7.80. The van der Waals surface area contributed by atoms with Gasteiger partial charge in [-0.2, -0.15) is 0 Å². The molecule has 2 amide bonds. The van der Waals surface area contributed by atoms with Crippen molar-refractivity contribution in [1.29, 1.82) is 0 Å². The van der Waals surface area contributed by atoms with Crippen LogP contribution >= 0.6 is 12.2 Å². The normalized spacial score (nSPS) is 19.4. The lowest BCUT2D eigenvalue weighted by atomic mass is 10.0. The van der Waals surface area contributed by atoms with Crippen molar-refractivity contribution < 1.29 is 9.59 Å². The zero-order valence-corrected chi connectivity index (χ0v) is 11.2. The molecular formula is C12H14N4O2S. The van der Waals surface area contributed by atoms with Crippen LogP contribution in [0.3, 0.4) is 0 Å². The van der Waals surface area contributed by atoms with Gasteiger partial charge in [0.25, 0.3) is 5.91 Å². The summed E-state index contributed by atoms with van der Waals surface area (Å²) in [6, 6.07) is 2.94. The molecule has 3 N–H and O–H groups in total. The number of hydrogen-bond acceptors (Lipinski definition) is 5. The molecule has 2 heterocycles. The van der Waals surface area contributed by atoms with Gasteiger partial charge in [0.05, 0.1) is 0 Å². The highest BCUT2D eigenvalue weighted by Crippen LogP contribution is 2.16. The molecule has 7 heteroatoms. The molecule has 1 fully saturated rings. The molecule has 1 aliphatic heterocycles. The van der Waals surface area contributed by atoms with Crippen molar-refractivity contribution in [2.75, 3.05) is 12.4 Å². The van der Waals surface area contributed by atoms with Crippen molar-refractivity contribution in [3.05, 3.63) is 23.9 Å². The van der Waals surface area contributed by atoms with Crippen LogP contribution in [-0.4, -0.2) is 39.8 Å². The number of aromatic nitrogens is 1. The lowest BCUT2D eigenvalue weighted by Crippen LogP contribution is -2.48. The molecule has 1 aromatic heterocycles. The van der Waals surface area contributed by atoms with Crippen LogP contribution in [0.1, 0.15) is 18.4 Å². The number of pyridine rings is 1. The number of nitrogens with one attached hydrogen (secondary N) is 1. The lowest BCUT2D eigenvalue weighted by Gasteiger charge is -2.28. The van der Waals surface area contributed by atoms with E-state index >= 15 is 0 Å². The predicted molar refractivity (Wildman–Crippen MR) is 74.5 cm³/mol. The lowest BCUT2D eigenvalue weighted by molar-refractivity contribution is -0.146. The largest absolute Gasteiger partial charge is 0.389 e. The Kier molecular flexibility index (Phi) is 3.75. The van der Waals surface area contributed by atoms with E-state index in [1.807, 2.05) is 0 Å². The Hall–Kier alpha value is -2.02. The Bertz CT molecular complexity index is 546. The minimum atomic E-state index is -0.447. The Balaban J connectivity index is 2.13. The van der Waals surface area contributed by atoms with Gasteiger partial charge in [-0.1, -0.05) is 12.2 Å². The fourth-order valence-electron chi connectivity index (χ4n) is 1.89. The minimum absolute atomic E-state index is 0.159. The quantitative estimate of drug-likeness (QED) is 0.609. The van der Waals surface area contributed by atoms with Gasteiger partial charge >= 0.3 is 0 Å². The van der Waals surface area contributed by atoms with Crippen LogP contribution in [0, 0.1) is 0 Å². The van der Waals surface area contributed by atoms with Gasteiger partial charge in [0.2, 0.25) is 5.91 Å². The van der Waals surface area contributed by atoms with E-state index in [4.69, 9.17) is 18.0 Å². The van der Waals surface area contributed by atoms with Crippen LogP contribution in [0.25, 0.3) is 0 Å². The van der Waals surface area contributed by atoms with Gasteiger partial charge in [-0.3, -0.25) is 14.5 Å². The summed E-state index contributed by atoms with van der Waals surface area (Å²) in [7, 11) is 1.48. The van der Waals surface area contributed by atoms with Crippen molar-refractivity contribution in [1.82, 2.24) is 9.88 Å². The molecular weight excluding hydrogens is 264 g/mol. The summed E-state index contributed by atoms with van der Waals surface area (Å²) < 4.78 is 0. The molecule has 0 radical (unpaired) electrons. The van der Waals surface area contributed by atoms with Crippen LogP contribution in [0.2, 0.25) is 0 Å². The zero-order chi connectivity index (χ0) is 14.0. The molecule has 0 aliphatic carbocycles. The third-order valence-electron chi connectivity index (χ3n) is 3.02. The summed E-state index contributed by atoms with van der Waals surface area (Å²) in [5.41, 5.74) is 6.22. The summed E-state index contributed by atoms with van der Waals surface area (Å²) in [6.07, 6.45) is 2.37. The molecule has 0 spiro atoms. The van der Waals surface area contributed by atoms with Crippen LogP contribution < -0.4 is 11.1 Å². The maximum Gasteiger partial charge on any atom is 0.251 e. The number of nitrogens with zero attached hydrogens (tertiary/aromatic N) is 2. The SMILES string of the molecule is CN1C(=O)CCC(Nc2cc(C(N)=S)ccn2)C1=O. The molecule has 1 unspecified atom stereocenters. The highest BCUT2D eigenvalue weighted by atomic mass is 32.1. The van der Waals surface area contributed by atoms with E-state index in [1.54, 1.807) is 18.3 Å². The highest BCUT2D eigenvalue weighted by Gasteiger charge is 2.31. The first-order chi connectivity index (χ1) is 8.99. The summed E-state index contributed by atoms with van der Waals surface area (Å²) in [5.74, 6) is 0.109. The minimum Gasteiger partial charge on any atom is -0.389 e. The number of thiocarbonyl (C=S) groups is 1. The number of nitrogens with two attached hydrogens (primary N) is 1. The number of hydrogen-bond donors (Lipinski definition) is 2. The van der Waals surface area contributed by atoms with Crippen molar-refractivity contribution >= 4 is 34.8 Å². The molecule has 0 saturated carbocycles. The number of imide groups is 1. The third-order valence-corrected chi connectivity index (χ3v) is 3.25. The van der Waals surface area contributed by atoms with E-state index < -0.39 is 6.04 Å². The molecule has 2 rings (SSSR count). The Labute approximate surface area is 116 Å². The van der Waals surface area contributed by atoms with Crippen LogP contribution in [0.4, 0.5) is 5.82 Å². The van der Waals surface area contributed by atoms with Gasteiger partial charge in [-0.25, -0.2) is 4.98 Å². The zero-order valence-electron chi connectivity index (χ0n) is 10.4. The Morgan fingerprint density at radius 3 is 3.00 bits per heavy atom. The first-order valence-corrected chi connectivity index (χ1v) is 6.22. The summed E-state index contributed by atoms with van der Waals surface area (Å²) in [6.45, 7) is 0. The molecule has 1 atom stereocenters. The number of piperidine rings is 1.